The molecule has 0 amide bonds. The van der Waals surface area contributed by atoms with Crippen molar-refractivity contribution in [3.05, 3.63) is 29.8 Å². The van der Waals surface area contributed by atoms with Gasteiger partial charge in [-0.1, -0.05) is 26.0 Å². The Kier molecular flexibility index (Phi) is 5.83. The Morgan fingerprint density at radius 3 is 2.42 bits per heavy atom. The normalized spacial score (nSPS) is 12.7. The molecule has 1 rings (SSSR count). The molecule has 1 unspecified atom stereocenters. The first kappa shape index (κ1) is 15.5. The molecule has 0 bridgehead atoms. The minimum Gasteiger partial charge on any atom is -0.491 e. The van der Waals surface area contributed by atoms with Crippen LogP contribution in [0, 0.1) is 0 Å². The fourth-order valence-corrected chi connectivity index (χ4v) is 2.13. The molecule has 0 saturated carbocycles. The largest absolute Gasteiger partial charge is 0.491 e. The van der Waals surface area contributed by atoms with Crippen LogP contribution in [0.15, 0.2) is 24.3 Å². The quantitative estimate of drug-likeness (QED) is 0.823. The molecule has 1 N–H and O–H groups in total. The highest BCUT2D eigenvalue weighted by atomic mass is 16.5. The van der Waals surface area contributed by atoms with E-state index in [0.29, 0.717) is 18.8 Å². The summed E-state index contributed by atoms with van der Waals surface area (Å²) in [5.41, 5.74) is 0.759. The number of hydrogen-bond acceptors (Lipinski definition) is 3. The lowest BCUT2D eigenvalue weighted by atomic mass is 10.0. The lowest BCUT2D eigenvalue weighted by molar-refractivity contribution is -0.143. The van der Waals surface area contributed by atoms with Crippen LogP contribution in [-0.4, -0.2) is 35.2 Å². The second kappa shape index (κ2) is 7.14. The van der Waals surface area contributed by atoms with E-state index in [1.54, 1.807) is 0 Å². The number of nitrogens with zero attached hydrogens (tertiary/aromatic N) is 1. The Balaban J connectivity index is 3.05. The van der Waals surface area contributed by atoms with Gasteiger partial charge in [0.05, 0.1) is 6.10 Å². The summed E-state index contributed by atoms with van der Waals surface area (Å²) in [5.74, 6) is -0.115. The summed E-state index contributed by atoms with van der Waals surface area (Å²) in [6, 6.07) is 6.73. The molecule has 0 aliphatic heterocycles. The standard InChI is InChI=1S/C15H23NO3/c1-5-16(6-2)14(15(17)18)12-8-7-9-13(10-12)19-11(3)4/h7-11,14H,5-6H2,1-4H3,(H,17,18). The summed E-state index contributed by atoms with van der Waals surface area (Å²) in [6.07, 6.45) is 0.0759. The van der Waals surface area contributed by atoms with Crippen LogP contribution in [0.2, 0.25) is 0 Å². The lowest BCUT2D eigenvalue weighted by Crippen LogP contribution is -2.33. The molecule has 0 aromatic heterocycles. The van der Waals surface area contributed by atoms with Gasteiger partial charge < -0.3 is 9.84 Å². The molecule has 1 aromatic carbocycles. The SMILES string of the molecule is CCN(CC)C(C(=O)O)c1cccc(OC(C)C)c1. The predicted molar refractivity (Wildman–Crippen MR) is 75.5 cm³/mol. The molecule has 4 nitrogen and oxygen atoms in total. The van der Waals surface area contributed by atoms with Crippen molar-refractivity contribution in [1.29, 1.82) is 0 Å². The van der Waals surface area contributed by atoms with Gasteiger partial charge in [-0.05, 0) is 44.6 Å². The highest BCUT2D eigenvalue weighted by molar-refractivity contribution is 5.75. The first-order valence-corrected chi connectivity index (χ1v) is 6.73. The van der Waals surface area contributed by atoms with E-state index in [2.05, 4.69) is 0 Å². The molecule has 0 aliphatic carbocycles. The van der Waals surface area contributed by atoms with Crippen molar-refractivity contribution < 1.29 is 14.6 Å². The molecule has 0 saturated heterocycles. The molecule has 0 aliphatic rings. The monoisotopic (exact) mass is 265 g/mol. The van der Waals surface area contributed by atoms with Crippen molar-refractivity contribution in [3.63, 3.8) is 0 Å². The number of benzene rings is 1. The van der Waals surface area contributed by atoms with Crippen molar-refractivity contribution >= 4 is 5.97 Å². The third-order valence-corrected chi connectivity index (χ3v) is 2.96. The van der Waals surface area contributed by atoms with Crippen LogP contribution in [0.4, 0.5) is 0 Å². The summed E-state index contributed by atoms with van der Waals surface area (Å²) in [6.45, 7) is 9.23. The number of carboxylic acids is 1. The third kappa shape index (κ3) is 4.24. The van der Waals surface area contributed by atoms with Crippen LogP contribution in [0.3, 0.4) is 0 Å². The van der Waals surface area contributed by atoms with Gasteiger partial charge >= 0.3 is 5.97 Å². The summed E-state index contributed by atoms with van der Waals surface area (Å²) in [7, 11) is 0. The van der Waals surface area contributed by atoms with Crippen molar-refractivity contribution in [3.8, 4) is 5.75 Å². The Bertz CT molecular complexity index is 414. The first-order valence-electron chi connectivity index (χ1n) is 6.73. The van der Waals surface area contributed by atoms with Gasteiger partial charge in [0.2, 0.25) is 0 Å². The van der Waals surface area contributed by atoms with Crippen LogP contribution in [0.1, 0.15) is 39.3 Å². The van der Waals surface area contributed by atoms with E-state index >= 15 is 0 Å². The second-order valence-electron chi connectivity index (χ2n) is 4.70. The van der Waals surface area contributed by atoms with Gasteiger partial charge in [0.15, 0.2) is 0 Å². The second-order valence-corrected chi connectivity index (χ2v) is 4.70. The fourth-order valence-electron chi connectivity index (χ4n) is 2.13. The number of ether oxygens (including phenoxy) is 1. The summed E-state index contributed by atoms with van der Waals surface area (Å²) >= 11 is 0. The minimum absolute atomic E-state index is 0.0759. The smallest absolute Gasteiger partial charge is 0.325 e. The van der Waals surface area contributed by atoms with E-state index in [9.17, 15) is 9.90 Å². The van der Waals surface area contributed by atoms with Crippen LogP contribution in [-0.2, 0) is 4.79 Å². The highest BCUT2D eigenvalue weighted by Gasteiger charge is 2.25. The number of aliphatic carboxylic acids is 1. The molecule has 0 fully saturated rings. The number of rotatable bonds is 7. The van der Waals surface area contributed by atoms with E-state index < -0.39 is 12.0 Å². The summed E-state index contributed by atoms with van der Waals surface area (Å²) < 4.78 is 5.62. The van der Waals surface area contributed by atoms with Crippen LogP contribution < -0.4 is 4.74 Å². The van der Waals surface area contributed by atoms with Gasteiger partial charge in [0.1, 0.15) is 11.8 Å². The molecule has 4 heteroatoms. The molecule has 0 heterocycles. The van der Waals surface area contributed by atoms with E-state index in [0.717, 1.165) is 5.56 Å². The Hall–Kier alpha value is -1.55. The van der Waals surface area contributed by atoms with Gasteiger partial charge in [-0.2, -0.15) is 0 Å². The molecule has 1 aromatic rings. The van der Waals surface area contributed by atoms with E-state index in [1.165, 1.54) is 0 Å². The summed E-state index contributed by atoms with van der Waals surface area (Å²) in [5, 5.41) is 9.45. The number of likely N-dealkylation sites (N-methyl/N-ethyl adjacent to an activating group) is 1. The van der Waals surface area contributed by atoms with Crippen molar-refractivity contribution in [1.82, 2.24) is 4.90 Å². The van der Waals surface area contributed by atoms with Crippen LogP contribution in [0.25, 0.3) is 0 Å². The molecule has 0 radical (unpaired) electrons. The van der Waals surface area contributed by atoms with E-state index in [4.69, 9.17) is 4.74 Å². The average Bonchev–Trinajstić information content (AvgIpc) is 2.34. The zero-order valence-corrected chi connectivity index (χ0v) is 12.1. The number of carbonyl (C=O) groups is 1. The van der Waals surface area contributed by atoms with Crippen molar-refractivity contribution in [2.75, 3.05) is 13.1 Å². The minimum atomic E-state index is -0.828. The van der Waals surface area contributed by atoms with Crippen LogP contribution >= 0.6 is 0 Å². The Morgan fingerprint density at radius 1 is 1.32 bits per heavy atom. The third-order valence-electron chi connectivity index (χ3n) is 2.96. The molecule has 0 spiro atoms. The number of carboxylic acid groups (broad SMARTS) is 1. The maximum atomic E-state index is 11.5. The van der Waals surface area contributed by atoms with Gasteiger partial charge in [-0.15, -0.1) is 0 Å². The van der Waals surface area contributed by atoms with E-state index in [1.807, 2.05) is 56.9 Å². The highest BCUT2D eigenvalue weighted by Crippen LogP contribution is 2.25. The van der Waals surface area contributed by atoms with Gasteiger partial charge in [0, 0.05) is 0 Å². The zero-order chi connectivity index (χ0) is 14.4. The Morgan fingerprint density at radius 2 is 1.95 bits per heavy atom. The number of hydrogen-bond donors (Lipinski definition) is 1. The van der Waals surface area contributed by atoms with Crippen molar-refractivity contribution in [2.45, 2.75) is 39.8 Å². The molecule has 1 atom stereocenters. The maximum absolute atomic E-state index is 11.5. The zero-order valence-electron chi connectivity index (χ0n) is 12.1. The van der Waals surface area contributed by atoms with Gasteiger partial charge in [-0.3, -0.25) is 9.69 Å². The molecule has 106 valence electrons. The lowest BCUT2D eigenvalue weighted by Gasteiger charge is -2.26. The summed E-state index contributed by atoms with van der Waals surface area (Å²) in [4.78, 5) is 13.4. The van der Waals surface area contributed by atoms with Crippen LogP contribution in [0.5, 0.6) is 5.75 Å². The maximum Gasteiger partial charge on any atom is 0.325 e. The molecular formula is C15H23NO3. The van der Waals surface area contributed by atoms with Gasteiger partial charge in [-0.25, -0.2) is 0 Å². The Labute approximate surface area is 115 Å². The average molecular weight is 265 g/mol. The van der Waals surface area contributed by atoms with Crippen molar-refractivity contribution in [2.24, 2.45) is 0 Å². The predicted octanol–water partition coefficient (Wildman–Crippen LogP) is 2.94. The topological polar surface area (TPSA) is 49.8 Å². The molecular weight excluding hydrogens is 242 g/mol. The van der Waals surface area contributed by atoms with Gasteiger partial charge in [0.25, 0.3) is 0 Å². The fraction of sp³-hybridized carbons (Fsp3) is 0.533. The molecule has 19 heavy (non-hydrogen) atoms. The van der Waals surface area contributed by atoms with E-state index in [-0.39, 0.29) is 6.10 Å². The first-order chi connectivity index (χ1) is 8.99.